The number of ether oxygens (including phenoxy) is 2. The van der Waals surface area contributed by atoms with Crippen LogP contribution in [0.25, 0.3) is 11.1 Å². The minimum absolute atomic E-state index is 0.160. The zero-order chi connectivity index (χ0) is 29.6. The van der Waals surface area contributed by atoms with Gasteiger partial charge in [0.1, 0.15) is 0 Å². The Morgan fingerprint density at radius 1 is 0.548 bits per heavy atom. The predicted molar refractivity (Wildman–Crippen MR) is 160 cm³/mol. The highest BCUT2D eigenvalue weighted by Gasteiger charge is 2.36. The summed E-state index contributed by atoms with van der Waals surface area (Å²) in [7, 11) is 0. The number of hydrogen-bond donors (Lipinski definition) is 0. The molecule has 0 bridgehead atoms. The van der Waals surface area contributed by atoms with Crippen LogP contribution < -0.4 is 9.47 Å². The summed E-state index contributed by atoms with van der Waals surface area (Å²) < 4.78 is 69.7. The zero-order valence-corrected chi connectivity index (χ0v) is 25.4. The van der Waals surface area contributed by atoms with E-state index in [2.05, 4.69) is 6.92 Å². The van der Waals surface area contributed by atoms with Gasteiger partial charge in [-0.25, -0.2) is 8.78 Å². The molecule has 42 heavy (non-hydrogen) atoms. The number of hydrogen-bond acceptors (Lipinski definition) is 2. The van der Waals surface area contributed by atoms with E-state index < -0.39 is 23.3 Å². The molecular weight excluding hydrogens is 540 g/mol. The van der Waals surface area contributed by atoms with Gasteiger partial charge in [0.2, 0.25) is 11.6 Å². The third kappa shape index (κ3) is 7.27. The maximum atomic E-state index is 15.0. The van der Waals surface area contributed by atoms with E-state index in [-0.39, 0.29) is 29.2 Å². The summed E-state index contributed by atoms with van der Waals surface area (Å²) in [4.78, 5) is 0. The van der Waals surface area contributed by atoms with Crippen LogP contribution in [0.4, 0.5) is 17.6 Å². The Morgan fingerprint density at radius 3 is 1.60 bits per heavy atom. The van der Waals surface area contributed by atoms with Crippen LogP contribution in [-0.2, 0) is 0 Å². The molecule has 2 aromatic carbocycles. The molecule has 232 valence electrons. The van der Waals surface area contributed by atoms with Gasteiger partial charge in [0, 0.05) is 11.1 Å². The van der Waals surface area contributed by atoms with Crippen molar-refractivity contribution >= 4 is 0 Å². The van der Waals surface area contributed by atoms with Gasteiger partial charge in [0.05, 0.1) is 13.2 Å². The van der Waals surface area contributed by atoms with Gasteiger partial charge in [-0.1, -0.05) is 64.7 Å². The number of halogens is 4. The first-order valence-corrected chi connectivity index (χ1v) is 16.6. The minimum Gasteiger partial charge on any atom is -0.491 e. The van der Waals surface area contributed by atoms with Crippen LogP contribution >= 0.6 is 0 Å². The Balaban J connectivity index is 1.09. The molecule has 3 fully saturated rings. The van der Waals surface area contributed by atoms with E-state index in [4.69, 9.17) is 9.47 Å². The minimum atomic E-state index is -1.27. The van der Waals surface area contributed by atoms with Crippen LogP contribution in [0.1, 0.15) is 104 Å². The predicted octanol–water partition coefficient (Wildman–Crippen LogP) is 10.9. The van der Waals surface area contributed by atoms with Crippen molar-refractivity contribution in [2.24, 2.45) is 35.5 Å². The second-order valence-corrected chi connectivity index (χ2v) is 13.4. The lowest BCUT2D eigenvalue weighted by molar-refractivity contribution is 0.0713. The first kappa shape index (κ1) is 31.2. The Bertz CT molecular complexity index is 1180. The van der Waals surface area contributed by atoms with Crippen molar-refractivity contribution in [1.29, 1.82) is 0 Å². The molecule has 0 N–H and O–H groups in total. The number of fused-ring (bicyclic) bond motifs is 1. The van der Waals surface area contributed by atoms with Gasteiger partial charge < -0.3 is 9.47 Å². The quantitative estimate of drug-likeness (QED) is 0.243. The smallest absolute Gasteiger partial charge is 0.201 e. The van der Waals surface area contributed by atoms with E-state index in [1.807, 2.05) is 0 Å². The van der Waals surface area contributed by atoms with Crippen molar-refractivity contribution < 1.29 is 27.0 Å². The van der Waals surface area contributed by atoms with E-state index in [1.165, 1.54) is 101 Å². The second kappa shape index (κ2) is 14.5. The van der Waals surface area contributed by atoms with Gasteiger partial charge in [-0.15, -0.1) is 0 Å². The zero-order valence-electron chi connectivity index (χ0n) is 25.4. The largest absolute Gasteiger partial charge is 0.491 e. The van der Waals surface area contributed by atoms with Crippen LogP contribution in [0.3, 0.4) is 0 Å². The van der Waals surface area contributed by atoms with Gasteiger partial charge in [-0.3, -0.25) is 0 Å². The average molecular weight is 589 g/mol. The molecule has 2 aromatic rings. The van der Waals surface area contributed by atoms with E-state index in [9.17, 15) is 17.6 Å². The van der Waals surface area contributed by atoms with Gasteiger partial charge >= 0.3 is 0 Å². The Hall–Kier alpha value is -2.24. The normalized spacial score (nSPS) is 27.9. The molecule has 3 saturated carbocycles. The molecule has 5 rings (SSSR count). The van der Waals surface area contributed by atoms with Gasteiger partial charge in [-0.05, 0) is 98.8 Å². The number of benzene rings is 2. The van der Waals surface area contributed by atoms with Crippen LogP contribution in [0.2, 0.25) is 0 Å². The highest BCUT2D eigenvalue weighted by atomic mass is 19.2. The molecule has 3 aliphatic rings. The average Bonchev–Trinajstić information content (AvgIpc) is 3.00. The van der Waals surface area contributed by atoms with E-state index >= 15 is 0 Å². The molecule has 0 aliphatic heterocycles. The molecule has 4 atom stereocenters. The third-order valence-corrected chi connectivity index (χ3v) is 10.6. The summed E-state index contributed by atoms with van der Waals surface area (Å²) in [6, 6.07) is 4.99. The first-order chi connectivity index (χ1) is 20.4. The summed E-state index contributed by atoms with van der Waals surface area (Å²) in [5.74, 6) is -0.733. The maximum absolute atomic E-state index is 15.0. The van der Waals surface area contributed by atoms with Crippen LogP contribution in [0, 0.1) is 58.8 Å². The summed E-state index contributed by atoms with van der Waals surface area (Å²) in [6.45, 7) is 4.46. The van der Waals surface area contributed by atoms with Gasteiger partial charge in [0.15, 0.2) is 23.1 Å². The second-order valence-electron chi connectivity index (χ2n) is 13.4. The van der Waals surface area contributed by atoms with Crippen molar-refractivity contribution in [3.63, 3.8) is 0 Å². The Kier molecular flexibility index (Phi) is 10.8. The van der Waals surface area contributed by atoms with Crippen molar-refractivity contribution in [3.8, 4) is 22.6 Å². The van der Waals surface area contributed by atoms with Crippen molar-refractivity contribution in [2.45, 2.75) is 104 Å². The van der Waals surface area contributed by atoms with Crippen LogP contribution in [-0.4, -0.2) is 13.2 Å². The lowest BCUT2D eigenvalue weighted by Gasteiger charge is -2.42. The lowest BCUT2D eigenvalue weighted by atomic mass is 9.64. The molecule has 2 nitrogen and oxygen atoms in total. The molecule has 0 aromatic heterocycles. The van der Waals surface area contributed by atoms with E-state index in [0.717, 1.165) is 36.5 Å². The van der Waals surface area contributed by atoms with Gasteiger partial charge in [0.25, 0.3) is 0 Å². The van der Waals surface area contributed by atoms with Crippen LogP contribution in [0.15, 0.2) is 24.3 Å². The van der Waals surface area contributed by atoms with Crippen molar-refractivity contribution in [2.75, 3.05) is 13.2 Å². The Labute approximate surface area is 249 Å². The topological polar surface area (TPSA) is 18.5 Å². The molecule has 3 aliphatic carbocycles. The van der Waals surface area contributed by atoms with Crippen molar-refractivity contribution in [1.82, 2.24) is 0 Å². The molecule has 0 amide bonds. The SMILES string of the molecule is CCCC1CCC(CCC2CCC3CC(COc4ccc(-c5ccc(OCC)c(F)c5F)c(F)c4F)CCC3C2)CC1. The fourth-order valence-electron chi connectivity index (χ4n) is 8.25. The van der Waals surface area contributed by atoms with E-state index in [0.29, 0.717) is 18.4 Å². The van der Waals surface area contributed by atoms with E-state index in [1.54, 1.807) is 6.92 Å². The summed E-state index contributed by atoms with van der Waals surface area (Å²) in [5, 5.41) is 0. The highest BCUT2D eigenvalue weighted by Crippen LogP contribution is 2.47. The Morgan fingerprint density at radius 2 is 1.02 bits per heavy atom. The summed E-state index contributed by atoms with van der Waals surface area (Å²) in [5.41, 5.74) is -0.701. The first-order valence-electron chi connectivity index (χ1n) is 16.6. The number of rotatable bonds is 11. The molecule has 0 heterocycles. The lowest BCUT2D eigenvalue weighted by Crippen LogP contribution is -2.33. The fourth-order valence-corrected chi connectivity index (χ4v) is 8.25. The molecule has 6 heteroatoms. The van der Waals surface area contributed by atoms with Crippen molar-refractivity contribution in [3.05, 3.63) is 47.5 Å². The van der Waals surface area contributed by atoms with Crippen LogP contribution in [0.5, 0.6) is 11.5 Å². The molecule has 0 radical (unpaired) electrons. The molecule has 4 unspecified atom stereocenters. The summed E-state index contributed by atoms with van der Waals surface area (Å²) in [6.07, 6.45) is 18.6. The monoisotopic (exact) mass is 588 g/mol. The van der Waals surface area contributed by atoms with Gasteiger partial charge in [-0.2, -0.15) is 8.78 Å². The maximum Gasteiger partial charge on any atom is 0.201 e. The third-order valence-electron chi connectivity index (χ3n) is 10.6. The molecular formula is C36H48F4O2. The fraction of sp³-hybridized carbons (Fsp3) is 0.667. The molecule has 0 saturated heterocycles. The highest BCUT2D eigenvalue weighted by molar-refractivity contribution is 5.67. The standard InChI is InChI=1S/C36H48F4O2/c1-3-5-23-6-8-24(9-7-23)10-11-25-12-14-28-21-26(13-15-27(28)20-25)22-42-32-19-17-30(34(38)36(32)40)29-16-18-31(41-4-2)35(39)33(29)37/h16-19,23-28H,3-15,20-22H2,1-2H3. The summed E-state index contributed by atoms with van der Waals surface area (Å²) >= 11 is 0. The molecule has 0 spiro atoms.